The zero-order chi connectivity index (χ0) is 11.0. The molecule has 3 nitrogen and oxygen atoms in total. The van der Waals surface area contributed by atoms with Crippen molar-refractivity contribution in [2.75, 3.05) is 37.1 Å². The Morgan fingerprint density at radius 2 is 1.71 bits per heavy atom. The van der Waals surface area contributed by atoms with E-state index in [1.54, 1.807) is 11.6 Å². The SMILES string of the molecule is CCO[P@](=O)(CCl)N(CCCl)CCCl. The largest absolute Gasteiger partial charge is 0.317 e. The Morgan fingerprint density at radius 1 is 1.21 bits per heavy atom. The van der Waals surface area contributed by atoms with E-state index in [9.17, 15) is 4.57 Å². The highest BCUT2D eigenvalue weighted by Crippen LogP contribution is 2.51. The van der Waals surface area contributed by atoms with Crippen LogP contribution in [0.5, 0.6) is 0 Å². The van der Waals surface area contributed by atoms with Gasteiger partial charge in [-0.15, -0.1) is 34.8 Å². The first-order valence-corrected chi connectivity index (χ1v) is 7.68. The highest BCUT2D eigenvalue weighted by Gasteiger charge is 2.29. The molecule has 14 heavy (non-hydrogen) atoms. The van der Waals surface area contributed by atoms with Crippen molar-refractivity contribution in [2.45, 2.75) is 6.92 Å². The van der Waals surface area contributed by atoms with Crippen molar-refractivity contribution in [3.8, 4) is 0 Å². The number of halogens is 3. The highest BCUT2D eigenvalue weighted by molar-refractivity contribution is 7.58. The Balaban J connectivity index is 4.46. The first-order valence-electron chi connectivity index (χ1n) is 4.31. The molecule has 7 heteroatoms. The first kappa shape index (κ1) is 15.0. The first-order chi connectivity index (χ1) is 6.64. The van der Waals surface area contributed by atoms with Crippen LogP contribution in [0.4, 0.5) is 0 Å². The van der Waals surface area contributed by atoms with Crippen molar-refractivity contribution >= 4 is 42.3 Å². The number of hydrogen-bond acceptors (Lipinski definition) is 2. The molecule has 0 heterocycles. The van der Waals surface area contributed by atoms with E-state index >= 15 is 0 Å². The van der Waals surface area contributed by atoms with Gasteiger partial charge in [-0.2, -0.15) is 0 Å². The van der Waals surface area contributed by atoms with Gasteiger partial charge in [-0.05, 0) is 6.92 Å². The van der Waals surface area contributed by atoms with E-state index in [-0.39, 0.29) is 5.62 Å². The smallest absolute Gasteiger partial charge is 0.286 e. The lowest BCUT2D eigenvalue weighted by molar-refractivity contribution is 0.282. The van der Waals surface area contributed by atoms with Gasteiger partial charge in [0.15, 0.2) is 0 Å². The predicted molar refractivity (Wildman–Crippen MR) is 63.0 cm³/mol. The fraction of sp³-hybridized carbons (Fsp3) is 1.00. The fourth-order valence-electron chi connectivity index (χ4n) is 1.01. The van der Waals surface area contributed by atoms with Crippen LogP contribution >= 0.6 is 42.3 Å². The summed E-state index contributed by atoms with van der Waals surface area (Å²) in [6.45, 7) is 3.08. The molecule has 0 aromatic carbocycles. The molecule has 0 radical (unpaired) electrons. The van der Waals surface area contributed by atoms with Crippen LogP contribution < -0.4 is 0 Å². The standard InChI is InChI=1S/C7H15Cl3NO2P/c1-2-13-14(12,7-10)11(5-3-8)6-4-9/h2-7H2,1H3/t14-/m1/s1. The molecule has 0 bridgehead atoms. The lowest BCUT2D eigenvalue weighted by Gasteiger charge is -2.28. The molecule has 0 rings (SSSR count). The highest BCUT2D eigenvalue weighted by atomic mass is 35.5. The Labute approximate surface area is 100 Å². The normalized spacial score (nSPS) is 15.8. The molecule has 86 valence electrons. The molecule has 0 unspecified atom stereocenters. The monoisotopic (exact) mass is 281 g/mol. The molecule has 0 aromatic heterocycles. The van der Waals surface area contributed by atoms with Crippen molar-refractivity contribution in [1.29, 1.82) is 0 Å². The van der Waals surface area contributed by atoms with E-state index in [1.165, 1.54) is 0 Å². The molecule has 0 aliphatic heterocycles. The molecule has 0 amide bonds. The van der Waals surface area contributed by atoms with E-state index in [0.29, 0.717) is 31.5 Å². The van der Waals surface area contributed by atoms with Gasteiger partial charge in [0.05, 0.1) is 6.61 Å². The number of hydrogen-bond donors (Lipinski definition) is 0. The average molecular weight is 283 g/mol. The molecule has 0 N–H and O–H groups in total. The van der Waals surface area contributed by atoms with Crippen molar-refractivity contribution in [2.24, 2.45) is 0 Å². The summed E-state index contributed by atoms with van der Waals surface area (Å²) in [5.74, 6) is 0.760. The maximum Gasteiger partial charge on any atom is 0.286 e. The number of alkyl halides is 3. The number of rotatable bonds is 8. The Hall–Kier alpha value is 1.02. The zero-order valence-electron chi connectivity index (χ0n) is 8.09. The van der Waals surface area contributed by atoms with E-state index in [2.05, 4.69) is 0 Å². The zero-order valence-corrected chi connectivity index (χ0v) is 11.2. The molecule has 0 aliphatic carbocycles. The predicted octanol–water partition coefficient (Wildman–Crippen LogP) is 3.19. The van der Waals surface area contributed by atoms with Gasteiger partial charge in [0, 0.05) is 24.8 Å². The van der Waals surface area contributed by atoms with Crippen LogP contribution in [0.3, 0.4) is 0 Å². The summed E-state index contributed by atoms with van der Waals surface area (Å²) in [4.78, 5) is 0. The van der Waals surface area contributed by atoms with Crippen molar-refractivity contribution in [3.63, 3.8) is 0 Å². The maximum atomic E-state index is 12.1. The van der Waals surface area contributed by atoms with E-state index in [4.69, 9.17) is 39.3 Å². The van der Waals surface area contributed by atoms with Crippen molar-refractivity contribution in [3.05, 3.63) is 0 Å². The molecule has 0 saturated carbocycles. The van der Waals surface area contributed by atoms with E-state index in [1.807, 2.05) is 0 Å². The van der Waals surface area contributed by atoms with Crippen LogP contribution in [0.25, 0.3) is 0 Å². The summed E-state index contributed by atoms with van der Waals surface area (Å²) >= 11 is 16.8. The van der Waals surface area contributed by atoms with Gasteiger partial charge < -0.3 is 4.52 Å². The summed E-state index contributed by atoms with van der Waals surface area (Å²) in [5, 5.41) is 0. The molecule has 0 fully saturated rings. The van der Waals surface area contributed by atoms with Gasteiger partial charge in [0.2, 0.25) is 0 Å². The minimum absolute atomic E-state index is 0.0331. The van der Waals surface area contributed by atoms with Crippen LogP contribution in [0.1, 0.15) is 6.92 Å². The summed E-state index contributed by atoms with van der Waals surface area (Å²) in [5.41, 5.74) is -0.0331. The third-order valence-electron chi connectivity index (χ3n) is 1.60. The summed E-state index contributed by atoms with van der Waals surface area (Å²) in [6, 6.07) is 0. The third kappa shape index (κ3) is 4.69. The Kier molecular flexibility index (Phi) is 8.80. The van der Waals surface area contributed by atoms with Crippen LogP contribution in [0.15, 0.2) is 0 Å². The van der Waals surface area contributed by atoms with Gasteiger partial charge in [-0.1, -0.05) is 0 Å². The molecular formula is C7H15Cl3NO2P. The maximum absolute atomic E-state index is 12.1. The average Bonchev–Trinajstić information content (AvgIpc) is 2.18. The van der Waals surface area contributed by atoms with Gasteiger partial charge in [0.25, 0.3) is 7.52 Å². The van der Waals surface area contributed by atoms with Crippen LogP contribution in [-0.4, -0.2) is 41.7 Å². The lowest BCUT2D eigenvalue weighted by atomic mass is 10.6. The van der Waals surface area contributed by atoms with Crippen molar-refractivity contribution < 1.29 is 9.09 Å². The fourth-order valence-corrected chi connectivity index (χ4v) is 3.91. The summed E-state index contributed by atoms with van der Waals surface area (Å²) < 4.78 is 18.9. The summed E-state index contributed by atoms with van der Waals surface area (Å²) in [6.07, 6.45) is 0. The van der Waals surface area contributed by atoms with E-state index < -0.39 is 7.52 Å². The van der Waals surface area contributed by atoms with Gasteiger partial charge in [0.1, 0.15) is 5.62 Å². The third-order valence-corrected chi connectivity index (χ3v) is 5.07. The quantitative estimate of drug-likeness (QED) is 0.506. The minimum atomic E-state index is -2.91. The number of nitrogens with zero attached hydrogens (tertiary/aromatic N) is 1. The van der Waals surface area contributed by atoms with Gasteiger partial charge in [-0.3, -0.25) is 4.57 Å². The van der Waals surface area contributed by atoms with Crippen LogP contribution in [0.2, 0.25) is 0 Å². The molecule has 0 aromatic rings. The molecular weight excluding hydrogens is 267 g/mol. The topological polar surface area (TPSA) is 29.5 Å². The summed E-state index contributed by atoms with van der Waals surface area (Å²) in [7, 11) is -2.91. The molecule has 0 saturated heterocycles. The minimum Gasteiger partial charge on any atom is -0.317 e. The second-order valence-corrected chi connectivity index (χ2v) is 6.32. The molecule has 0 aliphatic rings. The van der Waals surface area contributed by atoms with Gasteiger partial charge >= 0.3 is 0 Å². The Bertz CT molecular complexity index is 188. The van der Waals surface area contributed by atoms with Gasteiger partial charge in [-0.25, -0.2) is 4.67 Å². The second kappa shape index (κ2) is 8.20. The Morgan fingerprint density at radius 3 is 2.00 bits per heavy atom. The lowest BCUT2D eigenvalue weighted by Crippen LogP contribution is -2.26. The van der Waals surface area contributed by atoms with E-state index in [0.717, 1.165) is 0 Å². The van der Waals surface area contributed by atoms with Crippen LogP contribution in [-0.2, 0) is 9.09 Å². The molecule has 0 spiro atoms. The van der Waals surface area contributed by atoms with Crippen molar-refractivity contribution in [1.82, 2.24) is 4.67 Å². The molecule has 1 atom stereocenters. The second-order valence-electron chi connectivity index (χ2n) is 2.51. The van der Waals surface area contributed by atoms with Crippen LogP contribution in [0, 0.1) is 0 Å².